The summed E-state index contributed by atoms with van der Waals surface area (Å²) in [4.78, 5) is 0. The predicted octanol–water partition coefficient (Wildman–Crippen LogP) is 2.49. The topological polar surface area (TPSA) is 0 Å². The van der Waals surface area contributed by atoms with E-state index in [0.29, 0.717) is 0 Å². The van der Waals surface area contributed by atoms with E-state index in [1.54, 1.807) is 34.6 Å². The predicted molar refractivity (Wildman–Crippen MR) is 38.5 cm³/mol. The maximum atomic E-state index is 1.67. The monoisotopic (exact) mass is 218 g/mol. The van der Waals surface area contributed by atoms with E-state index < -0.39 is 0 Å². The van der Waals surface area contributed by atoms with Crippen LogP contribution in [0.5, 0.6) is 0 Å². The van der Waals surface area contributed by atoms with E-state index in [-0.39, 0.29) is 21.1 Å². The molecule has 0 saturated carbocycles. The van der Waals surface area contributed by atoms with Gasteiger partial charge in [0.25, 0.3) is 0 Å². The Morgan fingerprint density at radius 1 is 0.625 bits per heavy atom. The molecular weight excluding hydrogens is 203 g/mol. The van der Waals surface area contributed by atoms with Gasteiger partial charge >= 0.3 is 62.1 Å². The van der Waals surface area contributed by atoms with E-state index in [9.17, 15) is 0 Å². The molecule has 0 N–H and O–H groups in total. The SMILES string of the molecule is C1CC[CH2][Sn][CH2]CC1. The van der Waals surface area contributed by atoms with Gasteiger partial charge in [0, 0.05) is 0 Å². The van der Waals surface area contributed by atoms with Crippen molar-refractivity contribution in [2.45, 2.75) is 41.0 Å². The van der Waals surface area contributed by atoms with Gasteiger partial charge in [-0.25, -0.2) is 0 Å². The van der Waals surface area contributed by atoms with E-state index in [4.69, 9.17) is 0 Å². The zero-order valence-corrected chi connectivity index (χ0v) is 8.30. The van der Waals surface area contributed by atoms with Crippen LogP contribution in [-0.4, -0.2) is 21.1 Å². The molecule has 0 aliphatic carbocycles. The van der Waals surface area contributed by atoms with Crippen LogP contribution in [0.25, 0.3) is 0 Å². The van der Waals surface area contributed by atoms with Crippen LogP contribution in [0.2, 0.25) is 8.87 Å². The van der Waals surface area contributed by atoms with E-state index in [0.717, 1.165) is 0 Å². The zero-order chi connectivity index (χ0) is 5.66. The zero-order valence-electron chi connectivity index (χ0n) is 5.45. The first-order valence-corrected chi connectivity index (χ1v) is 7.74. The Hall–Kier alpha value is 0.799. The average molecular weight is 217 g/mol. The normalized spacial score (nSPS) is 24.0. The van der Waals surface area contributed by atoms with Gasteiger partial charge in [0.1, 0.15) is 0 Å². The molecule has 1 saturated heterocycles. The minimum atomic E-state index is 0.217. The van der Waals surface area contributed by atoms with Crippen molar-refractivity contribution in [3.05, 3.63) is 0 Å². The molecule has 1 heterocycles. The third-order valence-electron chi connectivity index (χ3n) is 1.71. The second-order valence-corrected chi connectivity index (χ2v) is 6.80. The summed E-state index contributed by atoms with van der Waals surface area (Å²) in [6.45, 7) is 0. The molecule has 46 valence electrons. The first-order chi connectivity index (χ1) is 4.00. The Labute approximate surface area is 62.3 Å². The van der Waals surface area contributed by atoms with Crippen LogP contribution in [0.4, 0.5) is 0 Å². The fourth-order valence-electron chi connectivity index (χ4n) is 1.16. The fraction of sp³-hybridized carbons (Fsp3) is 1.00. The Kier molecular flexibility index (Phi) is 4.02. The van der Waals surface area contributed by atoms with Crippen LogP contribution in [0.3, 0.4) is 0 Å². The van der Waals surface area contributed by atoms with Gasteiger partial charge in [-0.2, -0.15) is 0 Å². The van der Waals surface area contributed by atoms with E-state index >= 15 is 0 Å². The Bertz CT molecular complexity index is 28.3. The van der Waals surface area contributed by atoms with Crippen LogP contribution < -0.4 is 0 Å². The molecule has 1 fully saturated rings. The molecule has 0 unspecified atom stereocenters. The quantitative estimate of drug-likeness (QED) is 0.546. The molecule has 0 spiro atoms. The Balaban J connectivity index is 2.00. The molecule has 1 heteroatoms. The first-order valence-electron chi connectivity index (χ1n) is 3.71. The summed E-state index contributed by atoms with van der Waals surface area (Å²) in [6.07, 6.45) is 7.76. The van der Waals surface area contributed by atoms with Gasteiger partial charge < -0.3 is 0 Å². The van der Waals surface area contributed by atoms with Crippen molar-refractivity contribution in [3.8, 4) is 0 Å². The number of rotatable bonds is 0. The molecule has 0 amide bonds. The van der Waals surface area contributed by atoms with Crippen molar-refractivity contribution in [1.29, 1.82) is 0 Å². The summed E-state index contributed by atoms with van der Waals surface area (Å²) in [5.41, 5.74) is 0. The molecule has 2 radical (unpaired) electrons. The first kappa shape index (κ1) is 6.91. The van der Waals surface area contributed by atoms with Crippen LogP contribution in [0.1, 0.15) is 32.1 Å². The third kappa shape index (κ3) is 2.95. The molecule has 1 aliphatic rings. The molecule has 0 bridgehead atoms. The molecule has 8 heavy (non-hydrogen) atoms. The van der Waals surface area contributed by atoms with E-state index in [2.05, 4.69) is 0 Å². The van der Waals surface area contributed by atoms with Crippen LogP contribution in [0, 0.1) is 0 Å². The Morgan fingerprint density at radius 3 is 1.75 bits per heavy atom. The molecule has 1 aliphatic heterocycles. The molecule has 0 aromatic heterocycles. The van der Waals surface area contributed by atoms with Crippen molar-refractivity contribution < 1.29 is 0 Å². The summed E-state index contributed by atoms with van der Waals surface area (Å²) in [6, 6.07) is 0. The Morgan fingerprint density at radius 2 is 1.12 bits per heavy atom. The summed E-state index contributed by atoms with van der Waals surface area (Å²) in [5.74, 6) is 0. The summed E-state index contributed by atoms with van der Waals surface area (Å²) in [7, 11) is 0. The van der Waals surface area contributed by atoms with Gasteiger partial charge in [-0.1, -0.05) is 0 Å². The summed E-state index contributed by atoms with van der Waals surface area (Å²) >= 11 is 0.217. The maximum absolute atomic E-state index is 1.67. The van der Waals surface area contributed by atoms with Crippen molar-refractivity contribution in [1.82, 2.24) is 0 Å². The van der Waals surface area contributed by atoms with Crippen molar-refractivity contribution in [2.75, 3.05) is 0 Å². The van der Waals surface area contributed by atoms with Crippen LogP contribution in [-0.2, 0) is 0 Å². The van der Waals surface area contributed by atoms with Gasteiger partial charge in [-0.05, 0) is 0 Å². The van der Waals surface area contributed by atoms with Crippen molar-refractivity contribution in [3.63, 3.8) is 0 Å². The van der Waals surface area contributed by atoms with Crippen molar-refractivity contribution >= 4 is 21.1 Å². The molecule has 0 nitrogen and oxygen atoms in total. The summed E-state index contributed by atoms with van der Waals surface area (Å²) < 4.78 is 3.34. The molecule has 0 aromatic rings. The van der Waals surface area contributed by atoms with Crippen molar-refractivity contribution in [2.24, 2.45) is 0 Å². The number of hydrogen-bond acceptors (Lipinski definition) is 0. The average Bonchev–Trinajstić information content (AvgIpc) is 1.62. The minimum absolute atomic E-state index is 0.217. The van der Waals surface area contributed by atoms with Gasteiger partial charge in [0.2, 0.25) is 0 Å². The van der Waals surface area contributed by atoms with Gasteiger partial charge in [0.15, 0.2) is 0 Å². The van der Waals surface area contributed by atoms with Gasteiger partial charge in [-0.3, -0.25) is 0 Å². The number of hydrogen-bond donors (Lipinski definition) is 0. The molecule has 0 aromatic carbocycles. The van der Waals surface area contributed by atoms with Crippen LogP contribution >= 0.6 is 0 Å². The van der Waals surface area contributed by atoms with E-state index in [1.165, 1.54) is 6.42 Å². The van der Waals surface area contributed by atoms with Gasteiger partial charge in [0.05, 0.1) is 0 Å². The fourth-order valence-corrected chi connectivity index (χ4v) is 4.72. The second-order valence-electron chi connectivity index (χ2n) is 2.52. The standard InChI is InChI=1S/C7H14.Sn/c1-3-5-7-6-4-2;/h1-7H2;. The van der Waals surface area contributed by atoms with E-state index in [1.807, 2.05) is 0 Å². The molecular formula is C7H14Sn. The molecule has 0 atom stereocenters. The molecule has 1 rings (SSSR count). The summed E-state index contributed by atoms with van der Waals surface area (Å²) in [5, 5.41) is 0. The second kappa shape index (κ2) is 4.66. The van der Waals surface area contributed by atoms with Crippen LogP contribution in [0.15, 0.2) is 0 Å². The third-order valence-corrected chi connectivity index (χ3v) is 5.74. The van der Waals surface area contributed by atoms with Gasteiger partial charge in [-0.15, -0.1) is 0 Å².